The van der Waals surface area contributed by atoms with Crippen molar-refractivity contribution < 1.29 is 9.59 Å². The van der Waals surface area contributed by atoms with Crippen molar-refractivity contribution in [1.29, 1.82) is 0 Å². The Morgan fingerprint density at radius 3 is 2.80 bits per heavy atom. The number of aromatic amines is 1. The molecule has 1 amide bonds. The van der Waals surface area contributed by atoms with E-state index in [2.05, 4.69) is 9.98 Å². The molecule has 0 fully saturated rings. The van der Waals surface area contributed by atoms with Crippen LogP contribution in [-0.2, 0) is 4.79 Å². The Labute approximate surface area is 84.6 Å². The zero-order valence-electron chi connectivity index (χ0n) is 7.65. The predicted molar refractivity (Wildman–Crippen MR) is 54.6 cm³/mol. The van der Waals surface area contributed by atoms with E-state index in [1.165, 1.54) is 6.08 Å². The van der Waals surface area contributed by atoms with Crippen LogP contribution < -0.4 is 5.73 Å². The van der Waals surface area contributed by atoms with E-state index in [4.69, 9.17) is 5.73 Å². The summed E-state index contributed by atoms with van der Waals surface area (Å²) in [4.78, 5) is 27.6. The fourth-order valence-corrected chi connectivity index (χ4v) is 1.51. The lowest BCUT2D eigenvalue weighted by atomic mass is 10.1. The Morgan fingerprint density at radius 2 is 2.13 bits per heavy atom. The highest BCUT2D eigenvalue weighted by Gasteiger charge is 2.14. The summed E-state index contributed by atoms with van der Waals surface area (Å²) in [5.41, 5.74) is 6.13. The number of carbonyl (C=O) groups excluding carboxylic acids is 2. The molecule has 0 saturated heterocycles. The second-order valence-electron chi connectivity index (χ2n) is 2.96. The zero-order chi connectivity index (χ0) is 10.8. The van der Waals surface area contributed by atoms with Crippen LogP contribution in [0.25, 0.3) is 10.9 Å². The van der Waals surface area contributed by atoms with Gasteiger partial charge in [0, 0.05) is 10.9 Å². The molecule has 0 saturated carbocycles. The van der Waals surface area contributed by atoms with Crippen LogP contribution in [0.3, 0.4) is 0 Å². The van der Waals surface area contributed by atoms with Crippen LogP contribution >= 0.6 is 0 Å². The number of rotatable bonds is 2. The number of hydrogen-bond donors (Lipinski definition) is 2. The van der Waals surface area contributed by atoms with Crippen molar-refractivity contribution >= 4 is 28.7 Å². The van der Waals surface area contributed by atoms with Gasteiger partial charge in [-0.05, 0) is 6.07 Å². The normalized spacial score (nSPS) is 9.87. The first kappa shape index (κ1) is 9.18. The maximum absolute atomic E-state index is 11.2. The molecule has 1 aromatic heterocycles. The third-order valence-electron chi connectivity index (χ3n) is 2.09. The van der Waals surface area contributed by atoms with Gasteiger partial charge in [0.25, 0.3) is 5.91 Å². The number of carbonyl (C=O) groups is 1. The largest absolute Gasteiger partial charge is 0.365 e. The Kier molecular flexibility index (Phi) is 2.08. The standard InChI is InChI=1S/C10H7N3O2/c11-9(15)8-6-3-1-2-4-7(6)13-10(8)12-5-14/h1-4,13H,(H2,11,15). The van der Waals surface area contributed by atoms with Gasteiger partial charge in [0.15, 0.2) is 5.82 Å². The van der Waals surface area contributed by atoms with Crippen molar-refractivity contribution in [3.8, 4) is 0 Å². The van der Waals surface area contributed by atoms with Gasteiger partial charge in [-0.15, -0.1) is 4.99 Å². The second kappa shape index (κ2) is 3.40. The Morgan fingerprint density at radius 1 is 1.40 bits per heavy atom. The molecule has 1 aromatic carbocycles. The van der Waals surface area contributed by atoms with Gasteiger partial charge in [-0.1, -0.05) is 18.2 Å². The lowest BCUT2D eigenvalue weighted by Gasteiger charge is -1.92. The molecule has 0 bridgehead atoms. The van der Waals surface area contributed by atoms with Crippen LogP contribution in [0, 0.1) is 0 Å². The van der Waals surface area contributed by atoms with Crippen molar-refractivity contribution in [2.75, 3.05) is 0 Å². The fraction of sp³-hybridized carbons (Fsp3) is 0. The quantitative estimate of drug-likeness (QED) is 0.565. The summed E-state index contributed by atoms with van der Waals surface area (Å²) in [6.45, 7) is 0. The highest BCUT2D eigenvalue weighted by molar-refractivity contribution is 6.10. The first-order valence-electron chi connectivity index (χ1n) is 4.22. The Bertz CT molecular complexity index is 579. The molecule has 0 radical (unpaired) electrons. The molecule has 0 atom stereocenters. The number of hydrogen-bond acceptors (Lipinski definition) is 3. The van der Waals surface area contributed by atoms with E-state index < -0.39 is 5.91 Å². The van der Waals surface area contributed by atoms with Gasteiger partial charge < -0.3 is 10.7 Å². The van der Waals surface area contributed by atoms with Gasteiger partial charge in [0.1, 0.15) is 0 Å². The number of isocyanates is 1. The number of amides is 1. The number of aromatic nitrogens is 1. The van der Waals surface area contributed by atoms with E-state index in [9.17, 15) is 9.59 Å². The first-order valence-corrected chi connectivity index (χ1v) is 4.22. The van der Waals surface area contributed by atoms with Crippen molar-refractivity contribution in [2.24, 2.45) is 10.7 Å². The van der Waals surface area contributed by atoms with E-state index in [1.54, 1.807) is 24.3 Å². The van der Waals surface area contributed by atoms with Crippen LogP contribution in [0.15, 0.2) is 29.3 Å². The molecule has 15 heavy (non-hydrogen) atoms. The summed E-state index contributed by atoms with van der Waals surface area (Å²) in [7, 11) is 0. The Balaban J connectivity index is 2.86. The number of aliphatic imine (C=N–C) groups is 1. The summed E-state index contributed by atoms with van der Waals surface area (Å²) >= 11 is 0. The van der Waals surface area contributed by atoms with Gasteiger partial charge in [-0.2, -0.15) is 0 Å². The number of fused-ring (bicyclic) bond motifs is 1. The van der Waals surface area contributed by atoms with Crippen LogP contribution in [0.4, 0.5) is 5.82 Å². The molecule has 0 aliphatic heterocycles. The van der Waals surface area contributed by atoms with Gasteiger partial charge in [0.05, 0.1) is 5.56 Å². The molecular weight excluding hydrogens is 194 g/mol. The molecule has 2 aromatic rings. The lowest BCUT2D eigenvalue weighted by molar-refractivity contribution is 0.100. The summed E-state index contributed by atoms with van der Waals surface area (Å²) in [6.07, 6.45) is 1.38. The highest BCUT2D eigenvalue weighted by Crippen LogP contribution is 2.27. The highest BCUT2D eigenvalue weighted by atomic mass is 16.1. The van der Waals surface area contributed by atoms with E-state index in [0.717, 1.165) is 0 Å². The Hall–Kier alpha value is -2.39. The average molecular weight is 201 g/mol. The van der Waals surface area contributed by atoms with Crippen molar-refractivity contribution in [1.82, 2.24) is 4.98 Å². The summed E-state index contributed by atoms with van der Waals surface area (Å²) in [6, 6.07) is 7.08. The average Bonchev–Trinajstić information content (AvgIpc) is 2.56. The third-order valence-corrected chi connectivity index (χ3v) is 2.09. The first-order chi connectivity index (χ1) is 7.24. The van der Waals surface area contributed by atoms with E-state index in [0.29, 0.717) is 10.9 Å². The molecule has 3 N–H and O–H groups in total. The van der Waals surface area contributed by atoms with Gasteiger partial charge >= 0.3 is 0 Å². The number of nitrogens with one attached hydrogen (secondary N) is 1. The maximum Gasteiger partial charge on any atom is 0.253 e. The molecule has 5 nitrogen and oxygen atoms in total. The molecule has 74 valence electrons. The van der Waals surface area contributed by atoms with Crippen LogP contribution in [0.1, 0.15) is 10.4 Å². The monoisotopic (exact) mass is 201 g/mol. The third kappa shape index (κ3) is 1.41. The smallest absolute Gasteiger partial charge is 0.253 e. The van der Waals surface area contributed by atoms with E-state index in [-0.39, 0.29) is 11.4 Å². The molecule has 0 unspecified atom stereocenters. The van der Waals surface area contributed by atoms with E-state index in [1.807, 2.05) is 0 Å². The topological polar surface area (TPSA) is 88.3 Å². The zero-order valence-corrected chi connectivity index (χ0v) is 7.65. The van der Waals surface area contributed by atoms with Crippen molar-refractivity contribution in [2.45, 2.75) is 0 Å². The SMILES string of the molecule is NC(=O)c1c(N=C=O)[nH]c2ccccc12. The summed E-state index contributed by atoms with van der Waals surface area (Å²) < 4.78 is 0. The number of para-hydroxylation sites is 1. The second-order valence-corrected chi connectivity index (χ2v) is 2.96. The predicted octanol–water partition coefficient (Wildman–Crippen LogP) is 1.23. The number of H-pyrrole nitrogens is 1. The molecule has 0 aliphatic carbocycles. The minimum absolute atomic E-state index is 0.152. The van der Waals surface area contributed by atoms with E-state index >= 15 is 0 Å². The van der Waals surface area contributed by atoms with Crippen LogP contribution in [0.2, 0.25) is 0 Å². The number of nitrogens with two attached hydrogens (primary N) is 1. The molecule has 0 aliphatic rings. The maximum atomic E-state index is 11.2. The number of nitrogens with zero attached hydrogens (tertiary/aromatic N) is 1. The number of benzene rings is 1. The van der Waals surface area contributed by atoms with Crippen LogP contribution in [-0.4, -0.2) is 17.0 Å². The van der Waals surface area contributed by atoms with Crippen LogP contribution in [0.5, 0.6) is 0 Å². The summed E-state index contributed by atoms with van der Waals surface area (Å²) in [5.74, 6) is -0.472. The minimum Gasteiger partial charge on any atom is -0.365 e. The fourth-order valence-electron chi connectivity index (χ4n) is 1.51. The molecule has 0 spiro atoms. The summed E-state index contributed by atoms with van der Waals surface area (Å²) in [5, 5.41) is 0.652. The minimum atomic E-state index is -0.624. The van der Waals surface area contributed by atoms with Gasteiger partial charge in [-0.25, -0.2) is 4.79 Å². The molecule has 1 heterocycles. The lowest BCUT2D eigenvalue weighted by Crippen LogP contribution is -2.10. The van der Waals surface area contributed by atoms with Gasteiger partial charge in [0.2, 0.25) is 6.08 Å². The number of primary amides is 1. The molecule has 5 heteroatoms. The molecular formula is C10H7N3O2. The van der Waals surface area contributed by atoms with Crippen molar-refractivity contribution in [3.05, 3.63) is 29.8 Å². The molecule has 2 rings (SSSR count). The van der Waals surface area contributed by atoms with Gasteiger partial charge in [-0.3, -0.25) is 4.79 Å². The van der Waals surface area contributed by atoms with Crippen molar-refractivity contribution in [3.63, 3.8) is 0 Å².